The van der Waals surface area contributed by atoms with Crippen LogP contribution < -0.4 is 4.72 Å². The molecule has 0 saturated heterocycles. The van der Waals surface area contributed by atoms with Crippen molar-refractivity contribution in [2.24, 2.45) is 0 Å². The number of hydrogen-bond acceptors (Lipinski definition) is 7. The molecule has 10 heteroatoms. The van der Waals surface area contributed by atoms with Crippen LogP contribution in [0.4, 0.5) is 5.69 Å². The van der Waals surface area contributed by atoms with Crippen molar-refractivity contribution >= 4 is 50.1 Å². The molecular weight excluding hydrogens is 338 g/mol. The Morgan fingerprint density at radius 1 is 1.29 bits per heavy atom. The standard InChI is InChI=1S/C11H8ClN3O4S2/c12-7-2-3-8-11(14-20-13-8)10(7)15-21(17,18)9-4-1-6(5-16)19-9/h1-4,15-16H,5H2. The Bertz CT molecular complexity index is 903. The van der Waals surface area contributed by atoms with E-state index < -0.39 is 10.0 Å². The minimum absolute atomic E-state index is 0.143. The Hall–Kier alpha value is -1.68. The fourth-order valence-electron chi connectivity index (χ4n) is 1.70. The molecule has 0 bridgehead atoms. The molecule has 1 aromatic carbocycles. The molecule has 0 radical (unpaired) electrons. The first-order chi connectivity index (χ1) is 10.0. The molecule has 0 aliphatic carbocycles. The molecule has 0 atom stereocenters. The van der Waals surface area contributed by atoms with Crippen LogP contribution >= 0.6 is 23.3 Å². The molecule has 0 saturated carbocycles. The summed E-state index contributed by atoms with van der Waals surface area (Å²) in [5, 5.41) is 8.80. The highest BCUT2D eigenvalue weighted by Crippen LogP contribution is 2.32. The molecule has 21 heavy (non-hydrogen) atoms. The van der Waals surface area contributed by atoms with Gasteiger partial charge in [-0.15, -0.1) is 0 Å². The van der Waals surface area contributed by atoms with E-state index in [4.69, 9.17) is 21.1 Å². The minimum Gasteiger partial charge on any atom is -0.445 e. The average molecular weight is 346 g/mol. The lowest BCUT2D eigenvalue weighted by Gasteiger charge is -2.07. The van der Waals surface area contributed by atoms with Gasteiger partial charge in [0.15, 0.2) is 0 Å². The van der Waals surface area contributed by atoms with Crippen molar-refractivity contribution < 1.29 is 17.9 Å². The van der Waals surface area contributed by atoms with Gasteiger partial charge in [0, 0.05) is 0 Å². The van der Waals surface area contributed by atoms with E-state index in [0.717, 1.165) is 11.7 Å². The molecule has 3 aromatic rings. The first-order valence-corrected chi connectivity index (χ1v) is 8.23. The Kier molecular flexibility index (Phi) is 3.57. The highest BCUT2D eigenvalue weighted by molar-refractivity contribution is 7.92. The van der Waals surface area contributed by atoms with Gasteiger partial charge in [-0.2, -0.15) is 17.2 Å². The van der Waals surface area contributed by atoms with Gasteiger partial charge in [0.25, 0.3) is 10.0 Å². The highest BCUT2D eigenvalue weighted by atomic mass is 35.5. The molecule has 7 nitrogen and oxygen atoms in total. The van der Waals surface area contributed by atoms with E-state index in [9.17, 15) is 8.42 Å². The van der Waals surface area contributed by atoms with Crippen LogP contribution in [0.15, 0.2) is 33.8 Å². The first-order valence-electron chi connectivity index (χ1n) is 5.64. The second-order valence-corrected chi connectivity index (χ2v) is 6.59. The fourth-order valence-corrected chi connectivity index (χ4v) is 3.53. The SMILES string of the molecule is O=S(=O)(Nc1c(Cl)ccc2nsnc12)c1ccc(CO)o1. The number of nitrogens with one attached hydrogen (secondary N) is 1. The zero-order chi connectivity index (χ0) is 15.0. The van der Waals surface area contributed by atoms with Gasteiger partial charge in [0.2, 0.25) is 5.09 Å². The maximum absolute atomic E-state index is 12.3. The fraction of sp³-hybridized carbons (Fsp3) is 0.0909. The summed E-state index contributed by atoms with van der Waals surface area (Å²) in [6.45, 7) is -0.387. The van der Waals surface area contributed by atoms with E-state index >= 15 is 0 Å². The molecular formula is C11H8ClN3O4S2. The van der Waals surface area contributed by atoms with Gasteiger partial charge in [-0.05, 0) is 24.3 Å². The van der Waals surface area contributed by atoms with Gasteiger partial charge >= 0.3 is 0 Å². The molecule has 0 aliphatic heterocycles. The van der Waals surface area contributed by atoms with Gasteiger partial charge in [0.1, 0.15) is 23.4 Å². The second kappa shape index (κ2) is 5.26. The molecule has 3 rings (SSSR count). The van der Waals surface area contributed by atoms with Crippen molar-refractivity contribution in [3.05, 3.63) is 35.0 Å². The maximum Gasteiger partial charge on any atom is 0.295 e. The van der Waals surface area contributed by atoms with E-state index in [1.165, 1.54) is 18.2 Å². The summed E-state index contributed by atoms with van der Waals surface area (Å²) in [5.41, 5.74) is 1.05. The van der Waals surface area contributed by atoms with Crippen LogP contribution in [0.25, 0.3) is 11.0 Å². The van der Waals surface area contributed by atoms with Gasteiger partial charge < -0.3 is 9.52 Å². The van der Waals surface area contributed by atoms with Crippen LogP contribution in [0.2, 0.25) is 5.02 Å². The summed E-state index contributed by atoms with van der Waals surface area (Å²) in [7, 11) is -3.97. The number of aliphatic hydroxyl groups is 1. The highest BCUT2D eigenvalue weighted by Gasteiger charge is 2.22. The molecule has 0 fully saturated rings. The van der Waals surface area contributed by atoms with Crippen molar-refractivity contribution in [1.82, 2.24) is 8.75 Å². The van der Waals surface area contributed by atoms with Gasteiger partial charge in [0.05, 0.1) is 22.4 Å². The lowest BCUT2D eigenvalue weighted by atomic mass is 10.3. The monoisotopic (exact) mass is 345 g/mol. The van der Waals surface area contributed by atoms with Crippen molar-refractivity contribution in [2.75, 3.05) is 4.72 Å². The maximum atomic E-state index is 12.3. The van der Waals surface area contributed by atoms with Crippen LogP contribution in [0.1, 0.15) is 5.76 Å². The smallest absolute Gasteiger partial charge is 0.295 e. The molecule has 2 heterocycles. The Morgan fingerprint density at radius 2 is 2.10 bits per heavy atom. The number of furan rings is 1. The normalized spacial score (nSPS) is 11.9. The van der Waals surface area contributed by atoms with Crippen molar-refractivity contribution in [2.45, 2.75) is 11.7 Å². The summed E-state index contributed by atoms with van der Waals surface area (Å²) in [6, 6.07) is 5.81. The van der Waals surface area contributed by atoms with Crippen molar-refractivity contribution in [3.8, 4) is 0 Å². The zero-order valence-electron chi connectivity index (χ0n) is 10.3. The summed E-state index contributed by atoms with van der Waals surface area (Å²) in [4.78, 5) is 0. The third-order valence-electron chi connectivity index (χ3n) is 2.67. The minimum atomic E-state index is -3.97. The topological polar surface area (TPSA) is 105 Å². The Morgan fingerprint density at radius 3 is 2.81 bits per heavy atom. The van der Waals surface area contributed by atoms with Gasteiger partial charge in [-0.3, -0.25) is 4.72 Å². The van der Waals surface area contributed by atoms with E-state index in [0.29, 0.717) is 11.0 Å². The lowest BCUT2D eigenvalue weighted by molar-refractivity contribution is 0.236. The zero-order valence-corrected chi connectivity index (χ0v) is 12.7. The van der Waals surface area contributed by atoms with Crippen LogP contribution in [-0.4, -0.2) is 22.3 Å². The largest absolute Gasteiger partial charge is 0.445 e. The van der Waals surface area contributed by atoms with E-state index in [1.807, 2.05) is 0 Å². The van der Waals surface area contributed by atoms with E-state index in [-0.39, 0.29) is 28.2 Å². The predicted octanol–water partition coefficient (Wildman–Crippen LogP) is 2.23. The van der Waals surface area contributed by atoms with E-state index in [2.05, 4.69) is 13.5 Å². The predicted molar refractivity (Wildman–Crippen MR) is 77.9 cm³/mol. The van der Waals surface area contributed by atoms with Crippen LogP contribution in [0.5, 0.6) is 0 Å². The molecule has 0 aliphatic rings. The molecule has 0 spiro atoms. The first kappa shape index (κ1) is 14.3. The number of hydrogen-bond donors (Lipinski definition) is 2. The quantitative estimate of drug-likeness (QED) is 0.751. The van der Waals surface area contributed by atoms with Gasteiger partial charge in [-0.25, -0.2) is 0 Å². The number of rotatable bonds is 4. The second-order valence-electron chi connectivity index (χ2n) is 4.04. The number of anilines is 1. The third kappa shape index (κ3) is 2.60. The van der Waals surface area contributed by atoms with Crippen LogP contribution in [0.3, 0.4) is 0 Å². The van der Waals surface area contributed by atoms with Crippen molar-refractivity contribution in [1.29, 1.82) is 0 Å². The van der Waals surface area contributed by atoms with E-state index in [1.54, 1.807) is 6.07 Å². The summed E-state index contributed by atoms with van der Waals surface area (Å²) in [6.07, 6.45) is 0. The number of halogens is 1. The summed E-state index contributed by atoms with van der Waals surface area (Å²) >= 11 is 6.98. The number of benzene rings is 1. The third-order valence-corrected chi connectivity index (χ3v) is 4.75. The summed E-state index contributed by atoms with van der Waals surface area (Å²) in [5.74, 6) is 0.148. The molecule has 2 N–H and O–H groups in total. The lowest BCUT2D eigenvalue weighted by Crippen LogP contribution is -2.12. The van der Waals surface area contributed by atoms with Crippen LogP contribution in [0, 0.1) is 0 Å². The number of nitrogens with zero attached hydrogens (tertiary/aromatic N) is 2. The molecule has 0 unspecified atom stereocenters. The molecule has 0 amide bonds. The van der Waals surface area contributed by atoms with Crippen LogP contribution in [-0.2, 0) is 16.6 Å². The number of aliphatic hydroxyl groups excluding tert-OH is 1. The number of fused-ring (bicyclic) bond motifs is 1. The number of sulfonamides is 1. The molecule has 2 aromatic heterocycles. The number of aromatic nitrogens is 2. The Labute approximate surface area is 128 Å². The average Bonchev–Trinajstić information content (AvgIpc) is 3.10. The summed E-state index contributed by atoms with van der Waals surface area (Å²) < 4.78 is 39.9. The van der Waals surface area contributed by atoms with Gasteiger partial charge in [-0.1, -0.05) is 11.6 Å². The molecule has 110 valence electrons. The Balaban J connectivity index is 2.04. The van der Waals surface area contributed by atoms with Crippen molar-refractivity contribution in [3.63, 3.8) is 0 Å².